The molecule has 2 N–H and O–H groups in total. The third-order valence-electron chi connectivity index (χ3n) is 7.68. The Labute approximate surface area is 227 Å². The fourth-order valence-corrected chi connectivity index (χ4v) is 5.69. The number of nitrogens with zero attached hydrogens (tertiary/aromatic N) is 1. The largest absolute Gasteiger partial charge is 0.416 e. The van der Waals surface area contributed by atoms with Crippen LogP contribution in [0.25, 0.3) is 5.57 Å². The highest BCUT2D eigenvalue weighted by atomic mass is 19.4. The van der Waals surface area contributed by atoms with E-state index in [0.29, 0.717) is 30.6 Å². The van der Waals surface area contributed by atoms with E-state index < -0.39 is 23.2 Å². The van der Waals surface area contributed by atoms with Gasteiger partial charge < -0.3 is 15.5 Å². The van der Waals surface area contributed by atoms with Crippen molar-refractivity contribution in [3.63, 3.8) is 0 Å². The average molecular weight is 538 g/mol. The lowest BCUT2D eigenvalue weighted by Gasteiger charge is -2.41. The Morgan fingerprint density at radius 2 is 1.72 bits per heavy atom. The third kappa shape index (κ3) is 6.05. The van der Waals surface area contributed by atoms with E-state index >= 15 is 0 Å². The van der Waals surface area contributed by atoms with E-state index in [-0.39, 0.29) is 29.8 Å². The molecule has 4 atom stereocenters. The molecule has 1 aliphatic heterocycles. The molecule has 206 valence electrons. The molecule has 0 bridgehead atoms. The van der Waals surface area contributed by atoms with Crippen LogP contribution in [0.5, 0.6) is 0 Å². The van der Waals surface area contributed by atoms with Crippen molar-refractivity contribution >= 4 is 17.5 Å². The summed E-state index contributed by atoms with van der Waals surface area (Å²) in [5.74, 6) is -0.679. The Morgan fingerprint density at radius 1 is 0.974 bits per heavy atom. The Kier molecular flexibility index (Phi) is 7.08. The summed E-state index contributed by atoms with van der Waals surface area (Å²) in [5, 5.41) is 6.18. The summed E-state index contributed by atoms with van der Waals surface area (Å²) in [6.07, 6.45) is 0.491. The minimum Gasteiger partial charge on any atom is -0.352 e. The Hall–Kier alpha value is -3.55. The molecule has 1 saturated carbocycles. The van der Waals surface area contributed by atoms with E-state index in [1.54, 1.807) is 23.1 Å². The Morgan fingerprint density at radius 3 is 2.41 bits per heavy atom. The van der Waals surface area contributed by atoms with Gasteiger partial charge in [0.15, 0.2) is 0 Å². The van der Waals surface area contributed by atoms with Crippen LogP contribution in [0.2, 0.25) is 0 Å². The standard InChI is InChI=1S/C31H34F3N3O2/c1-30(2,3)36-29(39)37-15-14-23-22(20-10-7-11-21(16-20)31(32,33)34)12-13-24(26(23)18-37)28(38)35-27-17-25(27)19-8-5-4-6-9-19/h4-13,16,24-27H,14-15,17-18H2,1-3H3,(H,35,38)(H,36,39)/t24?,25-,26?,27+/m1/s1. The van der Waals surface area contributed by atoms with Gasteiger partial charge in [0.05, 0.1) is 11.5 Å². The first-order valence-electron chi connectivity index (χ1n) is 13.4. The van der Waals surface area contributed by atoms with Gasteiger partial charge in [-0.2, -0.15) is 13.2 Å². The van der Waals surface area contributed by atoms with E-state index in [9.17, 15) is 22.8 Å². The zero-order valence-corrected chi connectivity index (χ0v) is 22.4. The predicted octanol–water partition coefficient (Wildman–Crippen LogP) is 6.15. The molecule has 2 unspecified atom stereocenters. The average Bonchev–Trinajstić information content (AvgIpc) is 3.65. The minimum absolute atomic E-state index is 0.0504. The number of halogens is 3. The Bertz CT molecular complexity index is 1310. The molecule has 2 fully saturated rings. The highest BCUT2D eigenvalue weighted by molar-refractivity contribution is 5.88. The van der Waals surface area contributed by atoms with Gasteiger partial charge in [0.2, 0.25) is 5.91 Å². The second-order valence-corrected chi connectivity index (χ2v) is 11.8. The number of hydrogen-bond donors (Lipinski definition) is 2. The second-order valence-electron chi connectivity index (χ2n) is 11.8. The number of alkyl halides is 3. The molecular weight excluding hydrogens is 503 g/mol. The normalized spacial score (nSPS) is 24.7. The van der Waals surface area contributed by atoms with Gasteiger partial charge in [0, 0.05) is 36.5 Å². The molecule has 1 heterocycles. The van der Waals surface area contributed by atoms with E-state index in [4.69, 9.17) is 0 Å². The van der Waals surface area contributed by atoms with Crippen LogP contribution in [0, 0.1) is 11.8 Å². The van der Waals surface area contributed by atoms with Crippen LogP contribution in [-0.2, 0) is 11.0 Å². The van der Waals surface area contributed by atoms with Gasteiger partial charge >= 0.3 is 12.2 Å². The lowest BCUT2D eigenvalue weighted by molar-refractivity contribution is -0.137. The summed E-state index contributed by atoms with van der Waals surface area (Å²) in [6.45, 7) is 6.46. The summed E-state index contributed by atoms with van der Waals surface area (Å²) in [6, 6.07) is 15.2. The minimum atomic E-state index is -4.45. The number of rotatable bonds is 4. The Balaban J connectivity index is 1.41. The SMILES string of the molecule is CC(C)(C)NC(=O)N1CCC2=C(c3cccc(C(F)(F)F)c3)C=CC(C(=O)N[C@H]3C[C@@H]3c3ccccc3)C2C1. The van der Waals surface area contributed by atoms with Crippen molar-refractivity contribution in [2.75, 3.05) is 13.1 Å². The van der Waals surface area contributed by atoms with Crippen molar-refractivity contribution in [2.45, 2.75) is 57.3 Å². The van der Waals surface area contributed by atoms with Crippen LogP contribution in [0.4, 0.5) is 18.0 Å². The van der Waals surface area contributed by atoms with Gasteiger partial charge in [-0.1, -0.05) is 60.2 Å². The summed E-state index contributed by atoms with van der Waals surface area (Å²) >= 11 is 0. The predicted molar refractivity (Wildman–Crippen MR) is 145 cm³/mol. The summed E-state index contributed by atoms with van der Waals surface area (Å²) in [4.78, 5) is 28.3. The van der Waals surface area contributed by atoms with Crippen molar-refractivity contribution in [1.82, 2.24) is 15.5 Å². The summed E-state index contributed by atoms with van der Waals surface area (Å²) in [5.41, 5.74) is 2.17. The number of amides is 3. The van der Waals surface area contributed by atoms with Gasteiger partial charge in [0.1, 0.15) is 0 Å². The zero-order valence-electron chi connectivity index (χ0n) is 22.4. The molecule has 39 heavy (non-hydrogen) atoms. The third-order valence-corrected chi connectivity index (χ3v) is 7.68. The van der Waals surface area contributed by atoms with E-state index in [2.05, 4.69) is 22.8 Å². The number of fused-ring (bicyclic) bond motifs is 1. The molecule has 0 aromatic heterocycles. The first-order chi connectivity index (χ1) is 18.4. The summed E-state index contributed by atoms with van der Waals surface area (Å²) in [7, 11) is 0. The first kappa shape index (κ1) is 27.0. The van der Waals surface area contributed by atoms with Gasteiger partial charge in [-0.25, -0.2) is 4.79 Å². The molecule has 2 aliphatic carbocycles. The maximum absolute atomic E-state index is 13.6. The number of hydrogen-bond acceptors (Lipinski definition) is 2. The number of allylic oxidation sites excluding steroid dienone is 2. The maximum Gasteiger partial charge on any atom is 0.416 e. The van der Waals surface area contributed by atoms with Crippen LogP contribution in [0.15, 0.2) is 72.3 Å². The van der Waals surface area contributed by atoms with Crippen LogP contribution in [-0.4, -0.2) is 41.5 Å². The van der Waals surface area contributed by atoms with Crippen LogP contribution in [0.3, 0.4) is 0 Å². The highest BCUT2D eigenvalue weighted by Crippen LogP contribution is 2.44. The zero-order chi connectivity index (χ0) is 27.9. The van der Waals surface area contributed by atoms with E-state index in [1.807, 2.05) is 39.0 Å². The number of likely N-dealkylation sites (tertiary alicyclic amines) is 1. The van der Waals surface area contributed by atoms with Crippen molar-refractivity contribution in [2.24, 2.45) is 11.8 Å². The van der Waals surface area contributed by atoms with Crippen molar-refractivity contribution in [1.29, 1.82) is 0 Å². The molecule has 8 heteroatoms. The molecule has 1 saturated heterocycles. The van der Waals surface area contributed by atoms with Crippen molar-refractivity contribution in [3.8, 4) is 0 Å². The van der Waals surface area contributed by atoms with E-state index in [0.717, 1.165) is 24.1 Å². The molecule has 3 amide bonds. The molecule has 5 nitrogen and oxygen atoms in total. The fraction of sp³-hybridized carbons (Fsp3) is 0.419. The number of urea groups is 1. The second kappa shape index (κ2) is 10.2. The van der Waals surface area contributed by atoms with Crippen LogP contribution in [0.1, 0.15) is 56.2 Å². The first-order valence-corrected chi connectivity index (χ1v) is 13.4. The van der Waals surface area contributed by atoms with Crippen molar-refractivity contribution in [3.05, 3.63) is 89.0 Å². The number of nitrogens with one attached hydrogen (secondary N) is 2. The smallest absolute Gasteiger partial charge is 0.352 e. The molecule has 3 aliphatic rings. The topological polar surface area (TPSA) is 61.4 Å². The van der Waals surface area contributed by atoms with Gasteiger partial charge in [-0.05, 0) is 62.4 Å². The quantitative estimate of drug-likeness (QED) is 0.492. The molecule has 0 radical (unpaired) electrons. The molecule has 2 aromatic carbocycles. The molecule has 5 rings (SSSR count). The monoisotopic (exact) mass is 537 g/mol. The number of piperidine rings is 1. The highest BCUT2D eigenvalue weighted by Gasteiger charge is 2.44. The van der Waals surface area contributed by atoms with Crippen LogP contribution < -0.4 is 10.6 Å². The van der Waals surface area contributed by atoms with Crippen molar-refractivity contribution < 1.29 is 22.8 Å². The van der Waals surface area contributed by atoms with Crippen LogP contribution >= 0.6 is 0 Å². The molecule has 2 aromatic rings. The number of benzene rings is 2. The van der Waals surface area contributed by atoms with Gasteiger partial charge in [-0.3, -0.25) is 4.79 Å². The van der Waals surface area contributed by atoms with Gasteiger partial charge in [-0.15, -0.1) is 0 Å². The van der Waals surface area contributed by atoms with E-state index in [1.165, 1.54) is 11.6 Å². The number of carbonyl (C=O) groups excluding carboxylic acids is 2. The lowest BCUT2D eigenvalue weighted by atomic mass is 9.73. The summed E-state index contributed by atoms with van der Waals surface area (Å²) < 4.78 is 40.4. The molecule has 0 spiro atoms. The lowest BCUT2D eigenvalue weighted by Crippen LogP contribution is -2.53. The molecular formula is C31H34F3N3O2. The van der Waals surface area contributed by atoms with Gasteiger partial charge in [0.25, 0.3) is 0 Å². The maximum atomic E-state index is 13.6. The number of carbonyl (C=O) groups is 2. The fourth-order valence-electron chi connectivity index (χ4n) is 5.69.